The van der Waals surface area contributed by atoms with Gasteiger partial charge in [0.1, 0.15) is 11.6 Å². The summed E-state index contributed by atoms with van der Waals surface area (Å²) < 4.78 is 8.80. The largest absolute Gasteiger partial charge is 0.479 e. The number of para-hydroxylation sites is 1. The first-order valence-corrected chi connectivity index (χ1v) is 8.86. The normalized spacial score (nSPS) is 11.8. The lowest BCUT2D eigenvalue weighted by molar-refractivity contribution is 0.384. The van der Waals surface area contributed by atoms with E-state index in [9.17, 15) is 5.26 Å². The Morgan fingerprint density at radius 1 is 1.11 bits per heavy atom. The first-order chi connectivity index (χ1) is 13.3. The third-order valence-electron chi connectivity index (χ3n) is 4.27. The highest BCUT2D eigenvalue weighted by atomic mass is 16.5. The Morgan fingerprint density at radius 2 is 1.79 bits per heavy atom. The van der Waals surface area contributed by atoms with Crippen LogP contribution >= 0.6 is 0 Å². The number of methoxy groups -OCH3 is 1. The van der Waals surface area contributed by atoms with Gasteiger partial charge in [-0.1, -0.05) is 39.0 Å². The predicted octanol–water partition coefficient (Wildman–Crippen LogP) is 4.51. The Kier molecular flexibility index (Phi) is 5.01. The second-order valence-electron chi connectivity index (χ2n) is 7.42. The molecule has 3 aromatic rings. The molecule has 0 aliphatic rings. The van der Waals surface area contributed by atoms with E-state index in [2.05, 4.69) is 26.5 Å². The van der Waals surface area contributed by atoms with Crippen LogP contribution in [0.1, 0.15) is 37.7 Å². The third-order valence-corrected chi connectivity index (χ3v) is 4.27. The Morgan fingerprint density at radius 3 is 2.36 bits per heavy atom. The van der Waals surface area contributed by atoms with Gasteiger partial charge in [-0.3, -0.25) is 0 Å². The topological polar surface area (TPSA) is 93.4 Å². The van der Waals surface area contributed by atoms with Crippen LogP contribution in [0.25, 0.3) is 5.69 Å². The SMILES string of the molecule is COc1c(/N=N/c2c(C#N)c(C(C)(C)C)nn2C)c(C)nn1-c1ccccc1. The van der Waals surface area contributed by atoms with E-state index >= 15 is 0 Å². The standard InChI is InChI=1S/C20H23N7O/c1-13-16(19(28-6)27(24-13)14-10-8-7-9-11-14)22-23-18-15(12-21)17(20(2,3)4)25-26(18)5/h7-11H,1-6H3/b23-22+. The number of azo groups is 1. The highest BCUT2D eigenvalue weighted by molar-refractivity contribution is 5.57. The lowest BCUT2D eigenvalue weighted by Gasteiger charge is -2.14. The second-order valence-corrected chi connectivity index (χ2v) is 7.42. The summed E-state index contributed by atoms with van der Waals surface area (Å²) in [6.45, 7) is 7.86. The van der Waals surface area contributed by atoms with Crippen LogP contribution in [-0.2, 0) is 12.5 Å². The van der Waals surface area contributed by atoms with Gasteiger partial charge in [0.2, 0.25) is 5.88 Å². The van der Waals surface area contributed by atoms with Crippen LogP contribution in [0.15, 0.2) is 40.6 Å². The fourth-order valence-corrected chi connectivity index (χ4v) is 2.90. The average molecular weight is 377 g/mol. The van der Waals surface area contributed by atoms with E-state index < -0.39 is 0 Å². The lowest BCUT2D eigenvalue weighted by atomic mass is 9.90. The van der Waals surface area contributed by atoms with E-state index in [0.717, 1.165) is 5.69 Å². The minimum atomic E-state index is -0.275. The van der Waals surface area contributed by atoms with Crippen LogP contribution in [-0.4, -0.2) is 26.7 Å². The second kappa shape index (κ2) is 7.27. The molecule has 0 saturated carbocycles. The summed E-state index contributed by atoms with van der Waals surface area (Å²) in [5.41, 5.74) is 2.87. The van der Waals surface area contributed by atoms with Crippen LogP contribution in [0.2, 0.25) is 0 Å². The number of rotatable bonds is 4. The zero-order valence-corrected chi connectivity index (χ0v) is 16.9. The van der Waals surface area contributed by atoms with Crippen LogP contribution in [0.5, 0.6) is 5.88 Å². The minimum absolute atomic E-state index is 0.275. The molecule has 3 rings (SSSR count). The zero-order chi connectivity index (χ0) is 20.5. The molecule has 8 heteroatoms. The number of hydrogen-bond acceptors (Lipinski definition) is 6. The van der Waals surface area contributed by atoms with Gasteiger partial charge in [-0.15, -0.1) is 10.2 Å². The Bertz CT molecular complexity index is 1060. The van der Waals surface area contributed by atoms with Crippen LogP contribution in [0.4, 0.5) is 11.5 Å². The Labute approximate surface area is 164 Å². The molecule has 2 aromatic heterocycles. The summed E-state index contributed by atoms with van der Waals surface area (Å²) in [6, 6.07) is 11.9. The van der Waals surface area contributed by atoms with E-state index in [1.54, 1.807) is 23.5 Å². The molecule has 0 atom stereocenters. The van der Waals surface area contributed by atoms with Crippen molar-refractivity contribution in [3.05, 3.63) is 47.3 Å². The van der Waals surface area contributed by atoms with Gasteiger partial charge < -0.3 is 4.74 Å². The van der Waals surface area contributed by atoms with Crippen molar-refractivity contribution in [3.63, 3.8) is 0 Å². The van der Waals surface area contributed by atoms with Gasteiger partial charge in [0.05, 0.1) is 24.2 Å². The van der Waals surface area contributed by atoms with Crippen LogP contribution < -0.4 is 4.74 Å². The molecular formula is C20H23N7O. The van der Waals surface area contributed by atoms with Crippen molar-refractivity contribution < 1.29 is 4.74 Å². The van der Waals surface area contributed by atoms with Gasteiger partial charge >= 0.3 is 0 Å². The van der Waals surface area contributed by atoms with Gasteiger partial charge in [0.25, 0.3) is 0 Å². The fraction of sp³-hybridized carbons (Fsp3) is 0.350. The highest BCUT2D eigenvalue weighted by Crippen LogP contribution is 2.36. The van der Waals surface area contributed by atoms with E-state index in [-0.39, 0.29) is 5.41 Å². The molecule has 1 aromatic carbocycles. The first-order valence-electron chi connectivity index (χ1n) is 8.86. The van der Waals surface area contributed by atoms with Crippen LogP contribution in [0, 0.1) is 18.3 Å². The molecule has 0 unspecified atom stereocenters. The van der Waals surface area contributed by atoms with Gasteiger partial charge in [-0.2, -0.15) is 20.1 Å². The maximum atomic E-state index is 9.64. The Hall–Kier alpha value is -3.47. The molecule has 2 heterocycles. The van der Waals surface area contributed by atoms with Crippen LogP contribution in [0.3, 0.4) is 0 Å². The number of aryl methyl sites for hydroxylation is 2. The third kappa shape index (κ3) is 3.39. The highest BCUT2D eigenvalue weighted by Gasteiger charge is 2.26. The van der Waals surface area contributed by atoms with Crippen molar-refractivity contribution in [2.75, 3.05) is 7.11 Å². The molecule has 0 saturated heterocycles. The van der Waals surface area contributed by atoms with Crippen molar-refractivity contribution in [2.24, 2.45) is 17.3 Å². The van der Waals surface area contributed by atoms with Gasteiger partial charge in [0, 0.05) is 12.5 Å². The quantitative estimate of drug-likeness (QED) is 0.625. The first kappa shape index (κ1) is 19.3. The van der Waals surface area contributed by atoms with E-state index in [4.69, 9.17) is 4.74 Å². The van der Waals surface area contributed by atoms with E-state index in [0.29, 0.717) is 34.3 Å². The molecule has 0 aliphatic carbocycles. The fourth-order valence-electron chi connectivity index (χ4n) is 2.90. The molecule has 144 valence electrons. The molecule has 0 aliphatic heterocycles. The van der Waals surface area contributed by atoms with Crippen molar-refractivity contribution in [3.8, 4) is 17.6 Å². The zero-order valence-electron chi connectivity index (χ0n) is 16.9. The molecule has 0 N–H and O–H groups in total. The summed E-state index contributed by atoms with van der Waals surface area (Å²) in [7, 11) is 3.32. The van der Waals surface area contributed by atoms with E-state index in [1.165, 1.54) is 0 Å². The lowest BCUT2D eigenvalue weighted by Crippen LogP contribution is -2.14. The van der Waals surface area contributed by atoms with Gasteiger partial charge in [-0.25, -0.2) is 4.68 Å². The molecule has 0 bridgehead atoms. The summed E-state index contributed by atoms with van der Waals surface area (Å²) in [5, 5.41) is 27.3. The average Bonchev–Trinajstić information content (AvgIpc) is 3.16. The van der Waals surface area contributed by atoms with Crippen molar-refractivity contribution in [1.82, 2.24) is 19.6 Å². The molecule has 0 spiro atoms. The molecular weight excluding hydrogens is 354 g/mol. The summed E-state index contributed by atoms with van der Waals surface area (Å²) >= 11 is 0. The number of hydrogen-bond donors (Lipinski definition) is 0. The summed E-state index contributed by atoms with van der Waals surface area (Å²) in [6.07, 6.45) is 0. The number of benzene rings is 1. The predicted molar refractivity (Wildman–Crippen MR) is 106 cm³/mol. The van der Waals surface area contributed by atoms with Gasteiger partial charge in [-0.05, 0) is 19.1 Å². The monoisotopic (exact) mass is 377 g/mol. The van der Waals surface area contributed by atoms with Gasteiger partial charge in [0.15, 0.2) is 11.5 Å². The van der Waals surface area contributed by atoms with Crippen molar-refractivity contribution >= 4 is 11.5 Å². The number of nitrogens with zero attached hydrogens (tertiary/aromatic N) is 7. The molecule has 0 fully saturated rings. The van der Waals surface area contributed by atoms with E-state index in [1.807, 2.05) is 58.0 Å². The summed E-state index contributed by atoms with van der Waals surface area (Å²) in [5.74, 6) is 0.880. The van der Waals surface area contributed by atoms with Crippen molar-refractivity contribution in [1.29, 1.82) is 5.26 Å². The Balaban J connectivity index is 2.09. The minimum Gasteiger partial charge on any atom is -0.479 e. The molecule has 28 heavy (non-hydrogen) atoms. The summed E-state index contributed by atoms with van der Waals surface area (Å²) in [4.78, 5) is 0. The maximum absolute atomic E-state index is 9.64. The number of aromatic nitrogens is 4. The van der Waals surface area contributed by atoms with Crippen molar-refractivity contribution in [2.45, 2.75) is 33.1 Å². The maximum Gasteiger partial charge on any atom is 0.245 e. The number of nitriles is 1. The smallest absolute Gasteiger partial charge is 0.245 e. The molecule has 8 nitrogen and oxygen atoms in total. The molecule has 0 amide bonds. The number of ether oxygens (including phenoxy) is 1. The molecule has 0 radical (unpaired) electrons.